The van der Waals surface area contributed by atoms with Crippen molar-refractivity contribution in [3.8, 4) is 0 Å². The molecule has 0 aliphatic carbocycles. The highest BCUT2D eigenvalue weighted by Crippen LogP contribution is 2.28. The average Bonchev–Trinajstić information content (AvgIpc) is 2.05. The van der Waals surface area contributed by atoms with Gasteiger partial charge in [0.1, 0.15) is 10.7 Å². The average molecular weight is 211 g/mol. The van der Waals surface area contributed by atoms with E-state index in [1.807, 2.05) is 0 Å². The smallest absolute Gasteiger partial charge is 0.286 e. The number of nitrogen functional groups attached to an aromatic ring is 1. The third kappa shape index (κ3) is 1.33. The predicted molar refractivity (Wildman–Crippen MR) is 54.8 cm³/mol. The summed E-state index contributed by atoms with van der Waals surface area (Å²) in [5, 5.41) is 2.86. The van der Waals surface area contributed by atoms with E-state index in [2.05, 4.69) is 9.71 Å². The number of nitrogens with zero attached hydrogens (tertiary/aromatic N) is 1. The lowest BCUT2D eigenvalue weighted by atomic mass is 10.3. The van der Waals surface area contributed by atoms with Gasteiger partial charge in [-0.15, -0.1) is 4.40 Å². The molecule has 74 valence electrons. The van der Waals surface area contributed by atoms with Crippen molar-refractivity contribution in [2.45, 2.75) is 11.8 Å². The monoisotopic (exact) mass is 211 g/mol. The largest absolute Gasteiger partial charge is 0.399 e. The quantitative estimate of drug-likeness (QED) is 0.622. The van der Waals surface area contributed by atoms with E-state index in [1.165, 1.54) is 6.07 Å². The molecule has 5 nitrogen and oxygen atoms in total. The second-order valence-electron chi connectivity index (χ2n) is 3.03. The van der Waals surface area contributed by atoms with Gasteiger partial charge in [-0.05, 0) is 25.1 Å². The number of hydrogen-bond acceptors (Lipinski definition) is 4. The summed E-state index contributed by atoms with van der Waals surface area (Å²) in [6.45, 7) is 1.59. The summed E-state index contributed by atoms with van der Waals surface area (Å²) in [6.07, 6.45) is 0. The second kappa shape index (κ2) is 2.71. The number of amidine groups is 1. The lowest BCUT2D eigenvalue weighted by Gasteiger charge is -2.15. The summed E-state index contributed by atoms with van der Waals surface area (Å²) in [5.74, 6) is 0.363. The van der Waals surface area contributed by atoms with Crippen molar-refractivity contribution < 1.29 is 8.42 Å². The first-order valence-electron chi connectivity index (χ1n) is 3.97. The van der Waals surface area contributed by atoms with Gasteiger partial charge < -0.3 is 11.1 Å². The maximum atomic E-state index is 11.6. The van der Waals surface area contributed by atoms with Crippen LogP contribution in [0.3, 0.4) is 0 Å². The van der Waals surface area contributed by atoms with Gasteiger partial charge in [-0.3, -0.25) is 0 Å². The van der Waals surface area contributed by atoms with E-state index in [-0.39, 0.29) is 4.90 Å². The van der Waals surface area contributed by atoms with Gasteiger partial charge in [0.25, 0.3) is 10.0 Å². The van der Waals surface area contributed by atoms with Crippen molar-refractivity contribution >= 4 is 27.2 Å². The van der Waals surface area contributed by atoms with Crippen LogP contribution in [0.1, 0.15) is 6.92 Å². The molecule has 1 aromatic rings. The van der Waals surface area contributed by atoms with Crippen LogP contribution < -0.4 is 11.1 Å². The van der Waals surface area contributed by atoms with Crippen LogP contribution in [0.2, 0.25) is 0 Å². The van der Waals surface area contributed by atoms with Crippen molar-refractivity contribution in [1.29, 1.82) is 0 Å². The standard InChI is InChI=1S/C8H9N3O2S/c1-5-10-7-3-2-6(9)4-8(7)14(12,13)11-5/h2-4H,9H2,1H3,(H,10,11). The molecular formula is C8H9N3O2S. The highest BCUT2D eigenvalue weighted by molar-refractivity contribution is 7.90. The molecule has 2 rings (SSSR count). The number of rotatable bonds is 0. The maximum Gasteiger partial charge on any atom is 0.286 e. The molecule has 0 radical (unpaired) electrons. The Balaban J connectivity index is 2.73. The molecular weight excluding hydrogens is 202 g/mol. The van der Waals surface area contributed by atoms with E-state index in [0.29, 0.717) is 17.2 Å². The third-order valence-electron chi connectivity index (χ3n) is 1.86. The lowest BCUT2D eigenvalue weighted by Crippen LogP contribution is -2.18. The van der Waals surface area contributed by atoms with Gasteiger partial charge in [0.05, 0.1) is 5.69 Å². The second-order valence-corrected chi connectivity index (χ2v) is 4.60. The molecule has 1 aliphatic rings. The fraction of sp³-hybridized carbons (Fsp3) is 0.125. The van der Waals surface area contributed by atoms with Gasteiger partial charge >= 0.3 is 0 Å². The van der Waals surface area contributed by atoms with Crippen molar-refractivity contribution in [2.24, 2.45) is 4.40 Å². The van der Waals surface area contributed by atoms with Crippen LogP contribution in [0.5, 0.6) is 0 Å². The molecule has 0 spiro atoms. The molecule has 0 atom stereocenters. The van der Waals surface area contributed by atoms with Gasteiger partial charge in [-0.1, -0.05) is 0 Å². The molecule has 0 bridgehead atoms. The first-order chi connectivity index (χ1) is 6.49. The Bertz CT molecular complexity index is 519. The van der Waals surface area contributed by atoms with Crippen LogP contribution in [0.15, 0.2) is 27.5 Å². The van der Waals surface area contributed by atoms with Crippen molar-refractivity contribution in [2.75, 3.05) is 11.1 Å². The van der Waals surface area contributed by atoms with E-state index in [4.69, 9.17) is 5.73 Å². The van der Waals surface area contributed by atoms with Crippen LogP contribution in [0.25, 0.3) is 0 Å². The Morgan fingerprint density at radius 3 is 2.86 bits per heavy atom. The van der Waals surface area contributed by atoms with E-state index in [0.717, 1.165) is 0 Å². The highest BCUT2D eigenvalue weighted by atomic mass is 32.2. The minimum atomic E-state index is -3.57. The van der Waals surface area contributed by atoms with Crippen LogP contribution in [-0.4, -0.2) is 14.3 Å². The van der Waals surface area contributed by atoms with E-state index in [1.54, 1.807) is 19.1 Å². The molecule has 0 amide bonds. The summed E-state index contributed by atoms with van der Waals surface area (Å²) in [4.78, 5) is 0.128. The number of nitrogens with one attached hydrogen (secondary N) is 1. The van der Waals surface area contributed by atoms with E-state index in [9.17, 15) is 8.42 Å². The number of anilines is 2. The molecule has 1 heterocycles. The molecule has 1 aliphatic heterocycles. The van der Waals surface area contributed by atoms with Crippen molar-refractivity contribution in [3.63, 3.8) is 0 Å². The minimum absolute atomic E-state index is 0.128. The van der Waals surface area contributed by atoms with Gasteiger partial charge in [-0.25, -0.2) is 0 Å². The van der Waals surface area contributed by atoms with Gasteiger partial charge in [0.15, 0.2) is 0 Å². The van der Waals surface area contributed by atoms with Gasteiger partial charge in [0, 0.05) is 5.69 Å². The molecule has 0 fully saturated rings. The van der Waals surface area contributed by atoms with Crippen LogP contribution >= 0.6 is 0 Å². The molecule has 14 heavy (non-hydrogen) atoms. The molecule has 0 saturated heterocycles. The van der Waals surface area contributed by atoms with E-state index < -0.39 is 10.0 Å². The van der Waals surface area contributed by atoms with Crippen LogP contribution in [0, 0.1) is 0 Å². The summed E-state index contributed by atoms with van der Waals surface area (Å²) in [7, 11) is -3.57. The number of nitrogens with two attached hydrogens (primary N) is 1. The third-order valence-corrected chi connectivity index (χ3v) is 3.26. The molecule has 0 aromatic heterocycles. The maximum absolute atomic E-state index is 11.6. The normalized spacial score (nSPS) is 17.9. The first kappa shape index (κ1) is 9.01. The minimum Gasteiger partial charge on any atom is -0.399 e. The Morgan fingerprint density at radius 1 is 1.43 bits per heavy atom. The highest BCUT2D eigenvalue weighted by Gasteiger charge is 2.22. The SMILES string of the molecule is CC1=NS(=O)(=O)c2cc(N)ccc2N1. The zero-order valence-electron chi connectivity index (χ0n) is 7.48. The van der Waals surface area contributed by atoms with Crippen LogP contribution in [0.4, 0.5) is 11.4 Å². The van der Waals surface area contributed by atoms with E-state index >= 15 is 0 Å². The summed E-state index contributed by atoms with van der Waals surface area (Å²) >= 11 is 0. The fourth-order valence-corrected chi connectivity index (χ4v) is 2.49. The summed E-state index contributed by atoms with van der Waals surface area (Å²) < 4.78 is 26.6. The number of fused-ring (bicyclic) bond motifs is 1. The topological polar surface area (TPSA) is 84.5 Å². The van der Waals surface area contributed by atoms with Crippen molar-refractivity contribution in [1.82, 2.24) is 0 Å². The molecule has 0 unspecified atom stereocenters. The fourth-order valence-electron chi connectivity index (χ4n) is 1.30. The van der Waals surface area contributed by atoms with Crippen LogP contribution in [-0.2, 0) is 10.0 Å². The molecule has 6 heteroatoms. The number of benzene rings is 1. The lowest BCUT2D eigenvalue weighted by molar-refractivity contribution is 0.598. The Morgan fingerprint density at radius 2 is 2.14 bits per heavy atom. The first-order valence-corrected chi connectivity index (χ1v) is 5.41. The van der Waals surface area contributed by atoms with Gasteiger partial charge in [-0.2, -0.15) is 8.42 Å². The zero-order chi connectivity index (χ0) is 10.3. The number of sulfonamides is 1. The summed E-state index contributed by atoms with van der Waals surface area (Å²) in [6, 6.07) is 4.66. The Labute approximate surface area is 81.7 Å². The Hall–Kier alpha value is -1.56. The molecule has 1 aromatic carbocycles. The summed E-state index contributed by atoms with van der Waals surface area (Å²) in [5.41, 5.74) is 6.42. The van der Waals surface area contributed by atoms with Gasteiger partial charge in [0.2, 0.25) is 0 Å². The molecule has 0 saturated carbocycles. The van der Waals surface area contributed by atoms with Crippen molar-refractivity contribution in [3.05, 3.63) is 18.2 Å². The molecule has 3 N–H and O–H groups in total. The Kier molecular flexibility index (Phi) is 1.75. The zero-order valence-corrected chi connectivity index (χ0v) is 8.30. The number of hydrogen-bond donors (Lipinski definition) is 2. The predicted octanol–water partition coefficient (Wildman–Crippen LogP) is 0.801.